The summed E-state index contributed by atoms with van der Waals surface area (Å²) >= 11 is 1.37. The molecule has 1 amide bonds. The molecule has 0 aliphatic rings. The lowest BCUT2D eigenvalue weighted by Crippen LogP contribution is -2.23. The maximum atomic E-state index is 11.3. The van der Waals surface area contributed by atoms with Crippen LogP contribution in [0.3, 0.4) is 0 Å². The van der Waals surface area contributed by atoms with E-state index in [1.807, 2.05) is 6.92 Å². The summed E-state index contributed by atoms with van der Waals surface area (Å²) in [6.07, 6.45) is 5.01. The van der Waals surface area contributed by atoms with E-state index >= 15 is 0 Å². The van der Waals surface area contributed by atoms with Gasteiger partial charge in [-0.05, 0) is 6.92 Å². The topological polar surface area (TPSA) is 68.0 Å². The molecule has 1 rings (SSSR count). The molecule has 1 aromatic rings. The van der Waals surface area contributed by atoms with Gasteiger partial charge in [-0.15, -0.1) is 17.8 Å². The molecule has 0 aromatic carbocycles. The van der Waals surface area contributed by atoms with Crippen LogP contribution in [0.5, 0.6) is 0 Å². The first-order chi connectivity index (χ1) is 6.65. The quantitative estimate of drug-likeness (QED) is 0.713. The summed E-state index contributed by atoms with van der Waals surface area (Å²) in [5.74, 6) is 2.06. The largest absolute Gasteiger partial charge is 0.340 e. The second-order valence-electron chi connectivity index (χ2n) is 2.75. The molecule has 0 aliphatic heterocycles. The summed E-state index contributed by atoms with van der Waals surface area (Å²) in [7, 11) is 0. The minimum absolute atomic E-state index is 0.144. The number of thiazole rings is 1. The summed E-state index contributed by atoms with van der Waals surface area (Å²) in [4.78, 5) is 15.4. The SMILES string of the molecule is C#CCNC(=O)c1csc(C(C)N)n1. The number of amides is 1. The molecule has 1 aromatic heterocycles. The third-order valence-electron chi connectivity index (χ3n) is 1.50. The van der Waals surface area contributed by atoms with Crippen molar-refractivity contribution in [3.63, 3.8) is 0 Å². The molecule has 74 valence electrons. The number of carbonyl (C=O) groups is 1. The van der Waals surface area contributed by atoms with Crippen LogP contribution in [0.25, 0.3) is 0 Å². The highest BCUT2D eigenvalue weighted by atomic mass is 32.1. The van der Waals surface area contributed by atoms with Crippen molar-refractivity contribution in [2.75, 3.05) is 6.54 Å². The van der Waals surface area contributed by atoms with Crippen molar-refractivity contribution in [1.82, 2.24) is 10.3 Å². The van der Waals surface area contributed by atoms with Gasteiger partial charge >= 0.3 is 0 Å². The van der Waals surface area contributed by atoms with Crippen molar-refractivity contribution in [2.24, 2.45) is 5.73 Å². The lowest BCUT2D eigenvalue weighted by atomic mass is 10.4. The second-order valence-corrected chi connectivity index (χ2v) is 3.64. The van der Waals surface area contributed by atoms with Gasteiger partial charge in [0.25, 0.3) is 5.91 Å². The Balaban J connectivity index is 2.68. The third kappa shape index (κ3) is 2.55. The lowest BCUT2D eigenvalue weighted by molar-refractivity contribution is 0.0954. The van der Waals surface area contributed by atoms with Crippen LogP contribution in [0.2, 0.25) is 0 Å². The predicted molar refractivity (Wildman–Crippen MR) is 55.9 cm³/mol. The Morgan fingerprint density at radius 2 is 2.64 bits per heavy atom. The van der Waals surface area contributed by atoms with E-state index in [0.29, 0.717) is 5.69 Å². The first-order valence-corrected chi connectivity index (χ1v) is 4.95. The molecule has 4 nitrogen and oxygen atoms in total. The van der Waals surface area contributed by atoms with Crippen LogP contribution in [-0.2, 0) is 0 Å². The predicted octanol–water partition coefficient (Wildman–Crippen LogP) is 0.526. The molecule has 1 unspecified atom stereocenters. The molecule has 0 fully saturated rings. The van der Waals surface area contributed by atoms with Crippen molar-refractivity contribution in [3.05, 3.63) is 16.1 Å². The maximum Gasteiger partial charge on any atom is 0.271 e. The molecule has 3 N–H and O–H groups in total. The van der Waals surface area contributed by atoms with Gasteiger partial charge < -0.3 is 11.1 Å². The number of nitrogens with zero attached hydrogens (tertiary/aromatic N) is 1. The van der Waals surface area contributed by atoms with Crippen LogP contribution in [0, 0.1) is 12.3 Å². The summed E-state index contributed by atoms with van der Waals surface area (Å²) < 4.78 is 0. The first kappa shape index (κ1) is 10.7. The first-order valence-electron chi connectivity index (χ1n) is 4.07. The van der Waals surface area contributed by atoms with Gasteiger partial charge in [0.15, 0.2) is 0 Å². The van der Waals surface area contributed by atoms with Gasteiger partial charge in [-0.1, -0.05) is 5.92 Å². The van der Waals surface area contributed by atoms with E-state index in [-0.39, 0.29) is 18.5 Å². The number of terminal acetylenes is 1. The van der Waals surface area contributed by atoms with Gasteiger partial charge in [0, 0.05) is 5.38 Å². The summed E-state index contributed by atoms with van der Waals surface area (Å²) in [6.45, 7) is 2.03. The maximum absolute atomic E-state index is 11.3. The Morgan fingerprint density at radius 1 is 1.93 bits per heavy atom. The average molecular weight is 209 g/mol. The van der Waals surface area contributed by atoms with E-state index in [4.69, 9.17) is 12.2 Å². The minimum atomic E-state index is -0.258. The zero-order valence-corrected chi connectivity index (χ0v) is 8.60. The van der Waals surface area contributed by atoms with E-state index < -0.39 is 0 Å². The van der Waals surface area contributed by atoms with Crippen LogP contribution < -0.4 is 11.1 Å². The van der Waals surface area contributed by atoms with Gasteiger partial charge in [-0.2, -0.15) is 0 Å². The fraction of sp³-hybridized carbons (Fsp3) is 0.333. The second kappa shape index (κ2) is 4.74. The zero-order chi connectivity index (χ0) is 10.6. The Hall–Kier alpha value is -1.38. The lowest BCUT2D eigenvalue weighted by Gasteiger charge is -1.98. The summed E-state index contributed by atoms with van der Waals surface area (Å²) in [5.41, 5.74) is 5.98. The Kier molecular flexibility index (Phi) is 3.63. The Bertz CT molecular complexity index is 364. The van der Waals surface area contributed by atoms with E-state index in [2.05, 4.69) is 16.2 Å². The molecular formula is C9H11N3OS. The Morgan fingerprint density at radius 3 is 3.14 bits per heavy atom. The van der Waals surface area contributed by atoms with Crippen LogP contribution >= 0.6 is 11.3 Å². The monoisotopic (exact) mass is 209 g/mol. The molecule has 0 aliphatic carbocycles. The van der Waals surface area contributed by atoms with E-state index in [0.717, 1.165) is 5.01 Å². The molecule has 14 heavy (non-hydrogen) atoms. The minimum Gasteiger partial charge on any atom is -0.340 e. The van der Waals surface area contributed by atoms with Crippen molar-refractivity contribution in [1.29, 1.82) is 0 Å². The summed E-state index contributed by atoms with van der Waals surface area (Å²) in [6, 6.07) is -0.144. The van der Waals surface area contributed by atoms with Crippen LogP contribution in [0.4, 0.5) is 0 Å². The Labute approximate surface area is 86.5 Å². The van der Waals surface area contributed by atoms with Crippen LogP contribution in [0.1, 0.15) is 28.5 Å². The normalized spacial score (nSPS) is 11.8. The average Bonchev–Trinajstić information content (AvgIpc) is 2.62. The van der Waals surface area contributed by atoms with Crippen LogP contribution in [-0.4, -0.2) is 17.4 Å². The highest BCUT2D eigenvalue weighted by Gasteiger charge is 2.11. The molecule has 0 spiro atoms. The number of hydrogen-bond acceptors (Lipinski definition) is 4. The van der Waals surface area contributed by atoms with Crippen molar-refractivity contribution >= 4 is 17.2 Å². The standard InChI is InChI=1S/C9H11N3OS/c1-3-4-11-8(13)7-5-14-9(12-7)6(2)10/h1,5-6H,4,10H2,2H3,(H,11,13). The fourth-order valence-corrected chi connectivity index (χ4v) is 1.58. The number of aromatic nitrogens is 1. The van der Waals surface area contributed by atoms with Gasteiger partial charge in [0.05, 0.1) is 12.6 Å². The smallest absolute Gasteiger partial charge is 0.271 e. The molecule has 0 radical (unpaired) electrons. The highest BCUT2D eigenvalue weighted by Crippen LogP contribution is 2.15. The van der Waals surface area contributed by atoms with Crippen molar-refractivity contribution in [3.8, 4) is 12.3 Å². The third-order valence-corrected chi connectivity index (χ3v) is 2.54. The van der Waals surface area contributed by atoms with Gasteiger partial charge in [-0.25, -0.2) is 4.98 Å². The van der Waals surface area contributed by atoms with Gasteiger partial charge in [0.2, 0.25) is 0 Å². The van der Waals surface area contributed by atoms with E-state index in [1.54, 1.807) is 5.38 Å². The van der Waals surface area contributed by atoms with E-state index in [9.17, 15) is 4.79 Å². The molecule has 0 bridgehead atoms. The number of nitrogens with two attached hydrogens (primary N) is 1. The molecule has 0 saturated heterocycles. The molecule has 0 saturated carbocycles. The number of hydrogen-bond donors (Lipinski definition) is 2. The molecular weight excluding hydrogens is 198 g/mol. The molecule has 1 heterocycles. The van der Waals surface area contributed by atoms with Crippen molar-refractivity contribution in [2.45, 2.75) is 13.0 Å². The number of nitrogens with one attached hydrogen (secondary N) is 1. The number of carbonyl (C=O) groups excluding carboxylic acids is 1. The fourth-order valence-electron chi connectivity index (χ4n) is 0.823. The van der Waals surface area contributed by atoms with Gasteiger partial charge in [-0.3, -0.25) is 4.79 Å². The summed E-state index contributed by atoms with van der Waals surface area (Å²) in [5, 5.41) is 4.95. The zero-order valence-electron chi connectivity index (χ0n) is 7.78. The number of rotatable bonds is 3. The van der Waals surface area contributed by atoms with Crippen LogP contribution in [0.15, 0.2) is 5.38 Å². The van der Waals surface area contributed by atoms with E-state index in [1.165, 1.54) is 11.3 Å². The van der Waals surface area contributed by atoms with Crippen molar-refractivity contribution < 1.29 is 4.79 Å². The molecule has 1 atom stereocenters. The van der Waals surface area contributed by atoms with Gasteiger partial charge in [0.1, 0.15) is 10.7 Å². The highest BCUT2D eigenvalue weighted by molar-refractivity contribution is 7.09. The molecule has 5 heteroatoms.